The molecule has 0 amide bonds. The summed E-state index contributed by atoms with van der Waals surface area (Å²) in [5, 5.41) is 7.36. The standard InChI is InChI=1S/C12H14N4O2/c17-10-5-4-8(7-14-10)12-15-11(16-18-12)9-3-1-2-6-13-9/h4-5,7,9,13H,1-3,6H2,(H,14,17). The highest BCUT2D eigenvalue weighted by Gasteiger charge is 2.20. The molecule has 1 fully saturated rings. The van der Waals surface area contributed by atoms with Gasteiger partial charge < -0.3 is 14.8 Å². The summed E-state index contributed by atoms with van der Waals surface area (Å²) >= 11 is 0. The molecule has 94 valence electrons. The third-order valence-electron chi connectivity index (χ3n) is 3.09. The highest BCUT2D eigenvalue weighted by Crippen LogP contribution is 2.23. The molecule has 1 saturated heterocycles. The molecule has 0 aliphatic carbocycles. The molecule has 0 bridgehead atoms. The highest BCUT2D eigenvalue weighted by molar-refractivity contribution is 5.50. The van der Waals surface area contributed by atoms with Gasteiger partial charge >= 0.3 is 0 Å². The Morgan fingerprint density at radius 3 is 3.00 bits per heavy atom. The fourth-order valence-corrected chi connectivity index (χ4v) is 2.11. The first-order chi connectivity index (χ1) is 8.83. The van der Waals surface area contributed by atoms with E-state index in [1.54, 1.807) is 12.3 Å². The van der Waals surface area contributed by atoms with Crippen LogP contribution in [-0.2, 0) is 0 Å². The zero-order valence-corrected chi connectivity index (χ0v) is 9.85. The van der Waals surface area contributed by atoms with E-state index in [0.717, 1.165) is 18.5 Å². The zero-order valence-electron chi connectivity index (χ0n) is 9.85. The predicted molar refractivity (Wildman–Crippen MR) is 64.9 cm³/mol. The summed E-state index contributed by atoms with van der Waals surface area (Å²) in [4.78, 5) is 17.9. The molecule has 0 aromatic carbocycles. The molecule has 1 aliphatic heterocycles. The second kappa shape index (κ2) is 4.73. The van der Waals surface area contributed by atoms with Crippen LogP contribution in [0.4, 0.5) is 0 Å². The molecule has 18 heavy (non-hydrogen) atoms. The van der Waals surface area contributed by atoms with Crippen LogP contribution in [0.2, 0.25) is 0 Å². The van der Waals surface area contributed by atoms with Crippen molar-refractivity contribution in [1.29, 1.82) is 0 Å². The smallest absolute Gasteiger partial charge is 0.259 e. The molecule has 2 aromatic heterocycles. The number of hydrogen-bond acceptors (Lipinski definition) is 5. The summed E-state index contributed by atoms with van der Waals surface area (Å²) in [7, 11) is 0. The molecule has 2 N–H and O–H groups in total. The molecular formula is C12H14N4O2. The molecule has 3 rings (SSSR count). The first-order valence-corrected chi connectivity index (χ1v) is 6.09. The molecule has 1 atom stereocenters. The molecule has 3 heterocycles. The number of aromatic nitrogens is 3. The Labute approximate surface area is 103 Å². The Bertz CT molecular complexity index is 563. The molecule has 2 aromatic rings. The summed E-state index contributed by atoms with van der Waals surface area (Å²) < 4.78 is 5.22. The molecule has 1 unspecified atom stereocenters. The third kappa shape index (κ3) is 2.19. The average Bonchev–Trinajstić information content (AvgIpc) is 2.90. The van der Waals surface area contributed by atoms with Crippen LogP contribution in [0.5, 0.6) is 0 Å². The normalized spacial score (nSPS) is 19.9. The molecule has 6 heteroatoms. The molecule has 0 radical (unpaired) electrons. The van der Waals surface area contributed by atoms with Crippen molar-refractivity contribution >= 4 is 0 Å². The van der Waals surface area contributed by atoms with Crippen molar-refractivity contribution in [3.8, 4) is 11.5 Å². The number of aromatic amines is 1. The van der Waals surface area contributed by atoms with E-state index in [9.17, 15) is 4.79 Å². The van der Waals surface area contributed by atoms with Gasteiger partial charge in [0.15, 0.2) is 5.82 Å². The molecular weight excluding hydrogens is 232 g/mol. The minimum absolute atomic E-state index is 0.146. The van der Waals surface area contributed by atoms with Gasteiger partial charge in [-0.05, 0) is 25.5 Å². The topological polar surface area (TPSA) is 83.8 Å². The summed E-state index contributed by atoms with van der Waals surface area (Å²) in [6.45, 7) is 0.993. The lowest BCUT2D eigenvalue weighted by Gasteiger charge is -2.19. The Kier molecular flexibility index (Phi) is 2.93. The van der Waals surface area contributed by atoms with Gasteiger partial charge in [0.25, 0.3) is 5.89 Å². The molecule has 0 spiro atoms. The van der Waals surface area contributed by atoms with Gasteiger partial charge in [-0.1, -0.05) is 11.6 Å². The van der Waals surface area contributed by atoms with Crippen molar-refractivity contribution in [3.05, 3.63) is 34.5 Å². The SMILES string of the molecule is O=c1ccc(-c2nc(C3CCCCN3)no2)c[nH]1. The first-order valence-electron chi connectivity index (χ1n) is 6.09. The lowest BCUT2D eigenvalue weighted by atomic mass is 10.0. The maximum Gasteiger partial charge on any atom is 0.259 e. The van der Waals surface area contributed by atoms with Crippen LogP contribution in [0.15, 0.2) is 27.6 Å². The first kappa shape index (κ1) is 11.2. The third-order valence-corrected chi connectivity index (χ3v) is 3.09. The van der Waals surface area contributed by atoms with Gasteiger partial charge in [0.05, 0.1) is 11.6 Å². The number of piperidine rings is 1. The van der Waals surface area contributed by atoms with Crippen molar-refractivity contribution in [1.82, 2.24) is 20.4 Å². The number of pyridine rings is 1. The van der Waals surface area contributed by atoms with E-state index in [2.05, 4.69) is 20.4 Å². The number of rotatable bonds is 2. The van der Waals surface area contributed by atoms with E-state index in [4.69, 9.17) is 4.52 Å². The number of hydrogen-bond donors (Lipinski definition) is 2. The second-order valence-corrected chi connectivity index (χ2v) is 4.40. The highest BCUT2D eigenvalue weighted by atomic mass is 16.5. The van der Waals surface area contributed by atoms with Crippen molar-refractivity contribution in [2.24, 2.45) is 0 Å². The van der Waals surface area contributed by atoms with Crippen LogP contribution in [0.1, 0.15) is 31.1 Å². The van der Waals surface area contributed by atoms with Gasteiger partial charge in [-0.15, -0.1) is 0 Å². The van der Waals surface area contributed by atoms with Gasteiger partial charge in [0, 0.05) is 12.3 Å². The number of nitrogens with one attached hydrogen (secondary N) is 2. The monoisotopic (exact) mass is 246 g/mol. The maximum absolute atomic E-state index is 11.0. The fraction of sp³-hybridized carbons (Fsp3) is 0.417. The van der Waals surface area contributed by atoms with E-state index in [1.165, 1.54) is 18.9 Å². The van der Waals surface area contributed by atoms with Crippen LogP contribution in [0.3, 0.4) is 0 Å². The van der Waals surface area contributed by atoms with E-state index in [-0.39, 0.29) is 11.6 Å². The minimum atomic E-state index is -0.146. The molecule has 1 aliphatic rings. The van der Waals surface area contributed by atoms with Gasteiger partial charge in [0.2, 0.25) is 5.56 Å². The summed E-state index contributed by atoms with van der Waals surface area (Å²) in [5.74, 6) is 1.13. The maximum atomic E-state index is 11.0. The Balaban J connectivity index is 1.84. The number of nitrogens with zero attached hydrogens (tertiary/aromatic N) is 2. The van der Waals surface area contributed by atoms with Gasteiger partial charge in [-0.3, -0.25) is 4.79 Å². The summed E-state index contributed by atoms with van der Waals surface area (Å²) in [6.07, 6.45) is 4.99. The van der Waals surface area contributed by atoms with Crippen LogP contribution in [-0.4, -0.2) is 21.7 Å². The predicted octanol–water partition coefficient (Wildman–Crippen LogP) is 1.24. The van der Waals surface area contributed by atoms with Crippen molar-refractivity contribution in [2.45, 2.75) is 25.3 Å². The van der Waals surface area contributed by atoms with Crippen LogP contribution in [0.25, 0.3) is 11.5 Å². The largest absolute Gasteiger partial charge is 0.334 e. The van der Waals surface area contributed by atoms with E-state index in [1.807, 2.05) is 0 Å². The van der Waals surface area contributed by atoms with Crippen LogP contribution >= 0.6 is 0 Å². The van der Waals surface area contributed by atoms with E-state index >= 15 is 0 Å². The molecule has 0 saturated carbocycles. The van der Waals surface area contributed by atoms with Crippen LogP contribution in [0, 0.1) is 0 Å². The second-order valence-electron chi connectivity index (χ2n) is 4.40. The van der Waals surface area contributed by atoms with E-state index < -0.39 is 0 Å². The fourth-order valence-electron chi connectivity index (χ4n) is 2.11. The zero-order chi connectivity index (χ0) is 12.4. The van der Waals surface area contributed by atoms with Crippen molar-refractivity contribution < 1.29 is 4.52 Å². The Morgan fingerprint density at radius 2 is 2.28 bits per heavy atom. The minimum Gasteiger partial charge on any atom is -0.334 e. The summed E-state index contributed by atoms with van der Waals surface area (Å²) in [6, 6.07) is 3.29. The average molecular weight is 246 g/mol. The van der Waals surface area contributed by atoms with Crippen molar-refractivity contribution in [3.63, 3.8) is 0 Å². The van der Waals surface area contributed by atoms with Gasteiger partial charge in [-0.2, -0.15) is 4.98 Å². The van der Waals surface area contributed by atoms with Crippen molar-refractivity contribution in [2.75, 3.05) is 6.54 Å². The van der Waals surface area contributed by atoms with Gasteiger partial charge in [0.1, 0.15) is 0 Å². The quantitative estimate of drug-likeness (QED) is 0.832. The molecule has 6 nitrogen and oxygen atoms in total. The van der Waals surface area contributed by atoms with E-state index in [0.29, 0.717) is 11.7 Å². The number of H-pyrrole nitrogens is 1. The lowest BCUT2D eigenvalue weighted by molar-refractivity contribution is 0.367. The van der Waals surface area contributed by atoms with Gasteiger partial charge in [-0.25, -0.2) is 0 Å². The summed E-state index contributed by atoms with van der Waals surface area (Å²) in [5.41, 5.74) is 0.580. The Hall–Kier alpha value is -1.95. The van der Waals surface area contributed by atoms with Crippen LogP contribution < -0.4 is 10.9 Å². The Morgan fingerprint density at radius 1 is 1.33 bits per heavy atom. The lowest BCUT2D eigenvalue weighted by Crippen LogP contribution is -2.27.